The van der Waals surface area contributed by atoms with Crippen LogP contribution in [0.3, 0.4) is 0 Å². The summed E-state index contributed by atoms with van der Waals surface area (Å²) in [4.78, 5) is 13.0. The molecule has 1 N–H and O–H groups in total. The summed E-state index contributed by atoms with van der Waals surface area (Å²) < 4.78 is 12.8. The third kappa shape index (κ3) is 5.09. The zero-order valence-electron chi connectivity index (χ0n) is 21.3. The lowest BCUT2D eigenvalue weighted by Crippen LogP contribution is -2.24. The Labute approximate surface area is 221 Å². The summed E-state index contributed by atoms with van der Waals surface area (Å²) in [6.07, 6.45) is 3.65. The number of carbonyl (C=O) groups is 1. The molecule has 0 saturated carbocycles. The van der Waals surface area contributed by atoms with E-state index in [1.165, 1.54) is 16.3 Å². The second-order valence-electron chi connectivity index (χ2n) is 8.94. The van der Waals surface area contributed by atoms with E-state index in [0.29, 0.717) is 18.0 Å². The fourth-order valence-electron chi connectivity index (χ4n) is 4.63. The lowest BCUT2D eigenvalue weighted by Gasteiger charge is -2.11. The highest BCUT2D eigenvalue weighted by atomic mass is 16.5. The molecule has 1 amide bonds. The number of nitrogens with zero attached hydrogens (tertiary/aromatic N) is 2. The quantitative estimate of drug-likeness (QED) is 0.206. The van der Waals surface area contributed by atoms with E-state index in [1.54, 1.807) is 32.4 Å². The number of ether oxygens (including phenoxy) is 2. The second kappa shape index (κ2) is 10.9. The zero-order chi connectivity index (χ0) is 26.5. The molecule has 1 aromatic heterocycles. The van der Waals surface area contributed by atoms with E-state index in [-0.39, 0.29) is 12.1 Å². The van der Waals surface area contributed by atoms with Crippen molar-refractivity contribution >= 4 is 33.7 Å². The molecule has 38 heavy (non-hydrogen) atoms. The van der Waals surface area contributed by atoms with Crippen molar-refractivity contribution < 1.29 is 14.3 Å². The van der Waals surface area contributed by atoms with Gasteiger partial charge in [-0.2, -0.15) is 5.26 Å². The number of carbonyl (C=O) groups excluding carboxylic acids is 1. The SMILES string of the molecule is COc1ccc(CNC(=O)/C(C#N)=C/c2cn(Cc3ccc4ccccc4c3)c3ccccc23)c(OC)c1. The molecule has 0 atom stereocenters. The first-order valence-corrected chi connectivity index (χ1v) is 12.3. The van der Waals surface area contributed by atoms with Gasteiger partial charge in [0.25, 0.3) is 5.91 Å². The highest BCUT2D eigenvalue weighted by Crippen LogP contribution is 2.27. The van der Waals surface area contributed by atoms with E-state index < -0.39 is 5.91 Å². The van der Waals surface area contributed by atoms with Gasteiger partial charge >= 0.3 is 0 Å². The summed E-state index contributed by atoms with van der Waals surface area (Å²) in [6.45, 7) is 0.888. The number of nitrogens with one attached hydrogen (secondary N) is 1. The Bertz CT molecular complexity index is 1710. The Kier molecular flexibility index (Phi) is 7.10. The molecule has 5 rings (SSSR count). The molecule has 5 aromatic rings. The molecule has 0 spiro atoms. The van der Waals surface area contributed by atoms with Crippen LogP contribution in [-0.4, -0.2) is 24.7 Å². The normalized spacial score (nSPS) is 11.3. The molecule has 0 aliphatic carbocycles. The molecule has 0 fully saturated rings. The van der Waals surface area contributed by atoms with Gasteiger partial charge in [-0.1, -0.05) is 54.6 Å². The minimum Gasteiger partial charge on any atom is -0.497 e. The Balaban J connectivity index is 1.40. The van der Waals surface area contributed by atoms with Crippen LogP contribution in [0, 0.1) is 11.3 Å². The molecule has 188 valence electrons. The van der Waals surface area contributed by atoms with Crippen LogP contribution in [0.4, 0.5) is 0 Å². The molecule has 6 nitrogen and oxygen atoms in total. The summed E-state index contributed by atoms with van der Waals surface area (Å²) in [6, 6.07) is 30.2. The number of hydrogen-bond donors (Lipinski definition) is 1. The number of nitriles is 1. The molecule has 0 radical (unpaired) electrons. The van der Waals surface area contributed by atoms with Crippen LogP contribution in [0.25, 0.3) is 27.8 Å². The molecule has 0 bridgehead atoms. The molecule has 0 unspecified atom stereocenters. The van der Waals surface area contributed by atoms with Crippen LogP contribution >= 0.6 is 0 Å². The fraction of sp³-hybridized carbons (Fsp3) is 0.125. The van der Waals surface area contributed by atoms with Crippen LogP contribution in [0.15, 0.2) is 96.7 Å². The number of fused-ring (bicyclic) bond motifs is 2. The van der Waals surface area contributed by atoms with Crippen molar-refractivity contribution in [2.24, 2.45) is 0 Å². The molecular formula is C32H27N3O3. The van der Waals surface area contributed by atoms with Crippen LogP contribution in [0.5, 0.6) is 11.5 Å². The van der Waals surface area contributed by atoms with Gasteiger partial charge in [-0.05, 0) is 46.7 Å². The predicted octanol–water partition coefficient (Wildman–Crippen LogP) is 6.08. The maximum atomic E-state index is 13.0. The Morgan fingerprint density at radius 1 is 0.947 bits per heavy atom. The highest BCUT2D eigenvalue weighted by Gasteiger charge is 2.14. The van der Waals surface area contributed by atoms with Gasteiger partial charge in [0.15, 0.2) is 0 Å². The van der Waals surface area contributed by atoms with Crippen LogP contribution in [0.1, 0.15) is 16.7 Å². The molecule has 0 aliphatic rings. The molecule has 0 aliphatic heterocycles. The number of rotatable bonds is 8. The lowest BCUT2D eigenvalue weighted by molar-refractivity contribution is -0.117. The first kappa shape index (κ1) is 24.7. The minimum atomic E-state index is -0.447. The molecule has 4 aromatic carbocycles. The van der Waals surface area contributed by atoms with E-state index in [2.05, 4.69) is 52.4 Å². The minimum absolute atomic E-state index is 0.0334. The van der Waals surface area contributed by atoms with Gasteiger partial charge in [0.1, 0.15) is 23.1 Å². The molecule has 6 heteroatoms. The first-order chi connectivity index (χ1) is 18.6. The predicted molar refractivity (Wildman–Crippen MR) is 150 cm³/mol. The number of para-hydroxylation sites is 1. The lowest BCUT2D eigenvalue weighted by atomic mass is 10.1. The number of amides is 1. The van der Waals surface area contributed by atoms with Gasteiger partial charge < -0.3 is 19.4 Å². The largest absolute Gasteiger partial charge is 0.497 e. The molecular weight excluding hydrogens is 474 g/mol. The summed E-state index contributed by atoms with van der Waals surface area (Å²) in [5.41, 5.74) is 3.84. The highest BCUT2D eigenvalue weighted by molar-refractivity contribution is 6.04. The maximum absolute atomic E-state index is 13.0. The van der Waals surface area contributed by atoms with Crippen LogP contribution < -0.4 is 14.8 Å². The first-order valence-electron chi connectivity index (χ1n) is 12.3. The maximum Gasteiger partial charge on any atom is 0.262 e. The van der Waals surface area contributed by atoms with Crippen molar-refractivity contribution in [3.63, 3.8) is 0 Å². The van der Waals surface area contributed by atoms with Crippen LogP contribution in [0.2, 0.25) is 0 Å². The number of hydrogen-bond acceptors (Lipinski definition) is 4. The molecule has 1 heterocycles. The number of methoxy groups -OCH3 is 2. The topological polar surface area (TPSA) is 76.3 Å². The van der Waals surface area contributed by atoms with E-state index >= 15 is 0 Å². The third-order valence-corrected chi connectivity index (χ3v) is 6.58. The smallest absolute Gasteiger partial charge is 0.262 e. The van der Waals surface area contributed by atoms with Crippen molar-refractivity contribution in [1.82, 2.24) is 9.88 Å². The van der Waals surface area contributed by atoms with E-state index in [1.807, 2.05) is 42.6 Å². The Morgan fingerprint density at radius 2 is 1.74 bits per heavy atom. The van der Waals surface area contributed by atoms with Crippen molar-refractivity contribution in [2.75, 3.05) is 14.2 Å². The summed E-state index contributed by atoms with van der Waals surface area (Å²) >= 11 is 0. The van der Waals surface area contributed by atoms with Crippen molar-refractivity contribution in [3.8, 4) is 17.6 Å². The Hall–Kier alpha value is -5.02. The zero-order valence-corrected chi connectivity index (χ0v) is 21.3. The summed E-state index contributed by atoms with van der Waals surface area (Å²) in [5, 5.41) is 16.0. The van der Waals surface area contributed by atoms with Gasteiger partial charge in [0.05, 0.1) is 14.2 Å². The van der Waals surface area contributed by atoms with Gasteiger partial charge in [0, 0.05) is 47.4 Å². The average Bonchev–Trinajstić information content (AvgIpc) is 3.31. The monoisotopic (exact) mass is 501 g/mol. The van der Waals surface area contributed by atoms with E-state index in [0.717, 1.165) is 22.0 Å². The van der Waals surface area contributed by atoms with Gasteiger partial charge in [-0.3, -0.25) is 4.79 Å². The number of benzene rings is 4. The average molecular weight is 502 g/mol. The standard InChI is InChI=1S/C32H27N3O3/c1-37-28-14-13-25(31(17-28)38-2)19-34-32(36)26(18-33)16-27-21-35(30-10-6-5-9-29(27)30)20-22-11-12-23-7-3-4-8-24(23)15-22/h3-17,21H,19-20H2,1-2H3,(H,34,36)/b26-16+. The van der Waals surface area contributed by atoms with Crippen molar-refractivity contribution in [1.29, 1.82) is 5.26 Å². The van der Waals surface area contributed by atoms with Crippen molar-refractivity contribution in [2.45, 2.75) is 13.1 Å². The van der Waals surface area contributed by atoms with E-state index in [4.69, 9.17) is 9.47 Å². The van der Waals surface area contributed by atoms with Crippen molar-refractivity contribution in [3.05, 3.63) is 113 Å². The summed E-state index contributed by atoms with van der Waals surface area (Å²) in [5.74, 6) is 0.815. The second-order valence-corrected chi connectivity index (χ2v) is 8.94. The van der Waals surface area contributed by atoms with Crippen LogP contribution in [-0.2, 0) is 17.9 Å². The van der Waals surface area contributed by atoms with Gasteiger partial charge in [-0.15, -0.1) is 0 Å². The van der Waals surface area contributed by atoms with E-state index in [9.17, 15) is 10.1 Å². The fourth-order valence-corrected chi connectivity index (χ4v) is 4.63. The van der Waals surface area contributed by atoms with Gasteiger partial charge in [0.2, 0.25) is 0 Å². The Morgan fingerprint density at radius 3 is 2.53 bits per heavy atom. The third-order valence-electron chi connectivity index (χ3n) is 6.58. The molecule has 0 saturated heterocycles. The number of aromatic nitrogens is 1. The van der Waals surface area contributed by atoms with Gasteiger partial charge in [-0.25, -0.2) is 0 Å². The summed E-state index contributed by atoms with van der Waals surface area (Å²) in [7, 11) is 3.15.